The molecular weight excluding hydrogens is 562 g/mol. The number of benzene rings is 4. The Bertz CT molecular complexity index is 1940. The number of carbonyl (C=O) groups is 1. The van der Waals surface area contributed by atoms with E-state index in [1.165, 1.54) is 12.1 Å². The van der Waals surface area contributed by atoms with E-state index in [0.717, 1.165) is 52.9 Å². The Morgan fingerprint density at radius 1 is 0.907 bits per heavy atom. The number of amidine groups is 1. The maximum Gasteiger partial charge on any atom is 0.339 e. The third-order valence-electron chi connectivity index (χ3n) is 8.04. The highest BCUT2D eigenvalue weighted by atomic mass is 32.2. The molecule has 0 bridgehead atoms. The molecule has 0 atom stereocenters. The van der Waals surface area contributed by atoms with Gasteiger partial charge in [-0.05, 0) is 78.4 Å². The molecule has 0 aliphatic heterocycles. The van der Waals surface area contributed by atoms with Crippen LogP contribution in [-0.2, 0) is 16.7 Å². The summed E-state index contributed by atoms with van der Waals surface area (Å²) in [7, 11) is -4.07. The van der Waals surface area contributed by atoms with Gasteiger partial charge in [-0.15, -0.1) is 0 Å². The van der Waals surface area contributed by atoms with E-state index in [-0.39, 0.29) is 41.0 Å². The average Bonchev–Trinajstić information content (AvgIpc) is 3.36. The normalized spacial score (nSPS) is 17.1. The molecule has 1 aliphatic carbocycles. The van der Waals surface area contributed by atoms with Crippen molar-refractivity contribution in [3.05, 3.63) is 108 Å². The standard InChI is InChI=1S/C33H33N5O4S/c34-25-12-14-26(15-13-25)37-33(39)31-18-22-10-11-23(32(35)36)19-30(22)38(31)20-24-17-27(16-21-6-4-5-9-29(21)24)42-43(40,41)28-7-2-1-3-8-28/h1-11,16-19,25-26H,12-15,20,34H2,(H3,35,36)(H,37,39). The number of amides is 1. The van der Waals surface area contributed by atoms with Crippen LogP contribution in [0.4, 0.5) is 0 Å². The van der Waals surface area contributed by atoms with Crippen molar-refractivity contribution in [2.24, 2.45) is 11.5 Å². The van der Waals surface area contributed by atoms with E-state index < -0.39 is 10.1 Å². The molecule has 43 heavy (non-hydrogen) atoms. The largest absolute Gasteiger partial charge is 0.384 e. The molecule has 1 aliphatic rings. The van der Waals surface area contributed by atoms with Crippen LogP contribution >= 0.6 is 0 Å². The fraction of sp³-hybridized carbons (Fsp3) is 0.212. The van der Waals surface area contributed by atoms with E-state index in [9.17, 15) is 13.2 Å². The van der Waals surface area contributed by atoms with E-state index in [2.05, 4.69) is 5.32 Å². The highest BCUT2D eigenvalue weighted by molar-refractivity contribution is 7.87. The van der Waals surface area contributed by atoms with Gasteiger partial charge in [0.05, 0.1) is 0 Å². The van der Waals surface area contributed by atoms with Crippen molar-refractivity contribution in [2.75, 3.05) is 0 Å². The monoisotopic (exact) mass is 595 g/mol. The number of nitrogens with two attached hydrogens (primary N) is 2. The lowest BCUT2D eigenvalue weighted by Crippen LogP contribution is -2.41. The van der Waals surface area contributed by atoms with Gasteiger partial charge in [-0.2, -0.15) is 8.42 Å². The second-order valence-corrected chi connectivity index (χ2v) is 12.6. The molecule has 0 spiro atoms. The number of rotatable bonds is 8. The van der Waals surface area contributed by atoms with Gasteiger partial charge in [0.1, 0.15) is 22.2 Å². The summed E-state index contributed by atoms with van der Waals surface area (Å²) in [5.74, 6) is -0.112. The molecule has 4 aromatic carbocycles. The van der Waals surface area contributed by atoms with Crippen molar-refractivity contribution in [1.29, 1.82) is 5.41 Å². The molecule has 1 heterocycles. The van der Waals surface area contributed by atoms with E-state index >= 15 is 0 Å². The molecular formula is C33H33N5O4S. The van der Waals surface area contributed by atoms with Crippen molar-refractivity contribution in [2.45, 2.75) is 49.2 Å². The quantitative estimate of drug-likeness (QED) is 0.114. The van der Waals surface area contributed by atoms with E-state index in [4.69, 9.17) is 21.1 Å². The summed E-state index contributed by atoms with van der Waals surface area (Å²) >= 11 is 0. The molecule has 1 amide bonds. The molecule has 1 fully saturated rings. The summed E-state index contributed by atoms with van der Waals surface area (Å²) in [6.45, 7) is 0.242. The molecule has 6 rings (SSSR count). The lowest BCUT2D eigenvalue weighted by atomic mass is 9.92. The molecule has 10 heteroatoms. The van der Waals surface area contributed by atoms with Gasteiger partial charge in [0.25, 0.3) is 5.91 Å². The zero-order chi connectivity index (χ0) is 30.1. The highest BCUT2D eigenvalue weighted by Gasteiger charge is 2.24. The SMILES string of the molecule is N=C(N)c1ccc2cc(C(=O)NC3CCC(N)CC3)n(Cc3cc(OS(=O)(=O)c4ccccc4)cc4ccccc34)c2c1. The van der Waals surface area contributed by atoms with Crippen LogP contribution in [0.5, 0.6) is 5.75 Å². The van der Waals surface area contributed by atoms with Crippen molar-refractivity contribution in [1.82, 2.24) is 9.88 Å². The fourth-order valence-corrected chi connectivity index (χ4v) is 6.71. The number of hydrogen-bond donors (Lipinski definition) is 4. The Kier molecular flexibility index (Phi) is 7.64. The molecule has 0 saturated heterocycles. The van der Waals surface area contributed by atoms with Crippen LogP contribution in [0.2, 0.25) is 0 Å². The molecule has 0 radical (unpaired) electrons. The summed E-state index contributed by atoms with van der Waals surface area (Å²) in [4.78, 5) is 13.8. The van der Waals surface area contributed by atoms with Gasteiger partial charge in [-0.1, -0.05) is 54.6 Å². The predicted octanol–water partition coefficient (Wildman–Crippen LogP) is 4.89. The van der Waals surface area contributed by atoms with Crippen molar-refractivity contribution < 1.29 is 17.4 Å². The summed E-state index contributed by atoms with van der Waals surface area (Å²) in [6, 6.07) is 26.5. The second-order valence-electron chi connectivity index (χ2n) is 11.0. The Hall–Kier alpha value is -4.67. The highest BCUT2D eigenvalue weighted by Crippen LogP contribution is 2.31. The summed E-state index contributed by atoms with van der Waals surface area (Å²) in [5, 5.41) is 13.7. The number of nitrogens with zero attached hydrogens (tertiary/aromatic N) is 1. The first-order valence-electron chi connectivity index (χ1n) is 14.2. The van der Waals surface area contributed by atoms with Crippen molar-refractivity contribution in [3.8, 4) is 5.75 Å². The first kappa shape index (κ1) is 28.4. The molecule has 0 unspecified atom stereocenters. The van der Waals surface area contributed by atoms with Gasteiger partial charge in [0, 0.05) is 35.1 Å². The summed E-state index contributed by atoms with van der Waals surface area (Å²) < 4.78 is 33.7. The predicted molar refractivity (Wildman–Crippen MR) is 168 cm³/mol. The number of aromatic nitrogens is 1. The maximum absolute atomic E-state index is 13.7. The van der Waals surface area contributed by atoms with E-state index in [1.807, 2.05) is 41.0 Å². The topological polar surface area (TPSA) is 153 Å². The first-order valence-corrected chi connectivity index (χ1v) is 15.6. The Labute approximate surface area is 250 Å². The minimum Gasteiger partial charge on any atom is -0.384 e. The number of fused-ring (bicyclic) bond motifs is 2. The van der Waals surface area contributed by atoms with Crippen LogP contribution in [0.15, 0.2) is 95.9 Å². The van der Waals surface area contributed by atoms with Crippen LogP contribution in [0, 0.1) is 5.41 Å². The lowest BCUT2D eigenvalue weighted by molar-refractivity contribution is 0.0917. The molecule has 220 valence electrons. The number of hydrogen-bond acceptors (Lipinski definition) is 6. The van der Waals surface area contributed by atoms with Crippen LogP contribution < -0.4 is 21.0 Å². The van der Waals surface area contributed by atoms with Crippen LogP contribution in [0.1, 0.15) is 47.3 Å². The zero-order valence-corrected chi connectivity index (χ0v) is 24.3. The minimum atomic E-state index is -4.07. The number of carbonyl (C=O) groups excluding carboxylic acids is 1. The average molecular weight is 596 g/mol. The molecule has 5 aromatic rings. The van der Waals surface area contributed by atoms with Gasteiger partial charge < -0.3 is 25.5 Å². The zero-order valence-electron chi connectivity index (χ0n) is 23.5. The third kappa shape index (κ3) is 5.97. The van der Waals surface area contributed by atoms with Crippen molar-refractivity contribution in [3.63, 3.8) is 0 Å². The Morgan fingerprint density at radius 3 is 2.37 bits per heavy atom. The van der Waals surface area contributed by atoms with Crippen LogP contribution in [0.3, 0.4) is 0 Å². The van der Waals surface area contributed by atoms with Gasteiger partial charge in [0.15, 0.2) is 0 Å². The summed E-state index contributed by atoms with van der Waals surface area (Å²) in [6.07, 6.45) is 3.37. The second kappa shape index (κ2) is 11.5. The van der Waals surface area contributed by atoms with Crippen LogP contribution in [0.25, 0.3) is 21.7 Å². The molecule has 1 aromatic heterocycles. The minimum absolute atomic E-state index is 0.0345. The Balaban J connectivity index is 1.43. The van der Waals surface area contributed by atoms with Gasteiger partial charge in [0.2, 0.25) is 0 Å². The van der Waals surface area contributed by atoms with Gasteiger partial charge >= 0.3 is 10.1 Å². The molecule has 9 nitrogen and oxygen atoms in total. The molecule has 1 saturated carbocycles. The van der Waals surface area contributed by atoms with E-state index in [0.29, 0.717) is 11.3 Å². The first-order chi connectivity index (χ1) is 20.7. The summed E-state index contributed by atoms with van der Waals surface area (Å²) in [5.41, 5.74) is 14.4. The van der Waals surface area contributed by atoms with Gasteiger partial charge in [-0.25, -0.2) is 0 Å². The van der Waals surface area contributed by atoms with Gasteiger partial charge in [-0.3, -0.25) is 10.2 Å². The van der Waals surface area contributed by atoms with Crippen molar-refractivity contribution >= 4 is 43.5 Å². The Morgan fingerprint density at radius 2 is 1.63 bits per heavy atom. The van der Waals surface area contributed by atoms with Crippen LogP contribution in [-0.4, -0.2) is 36.8 Å². The smallest absolute Gasteiger partial charge is 0.339 e. The number of nitrogen functional groups attached to an aromatic ring is 1. The number of nitrogens with one attached hydrogen (secondary N) is 2. The lowest BCUT2D eigenvalue weighted by Gasteiger charge is -2.27. The maximum atomic E-state index is 13.7. The third-order valence-corrected chi connectivity index (χ3v) is 9.30. The van der Waals surface area contributed by atoms with E-state index in [1.54, 1.807) is 42.5 Å². The molecule has 6 N–H and O–H groups in total. The fourth-order valence-electron chi connectivity index (χ4n) is 5.77.